The maximum absolute atomic E-state index is 4.05. The largest absolute Gasteiger partial charge is 0.265 e. The van der Waals surface area contributed by atoms with Crippen LogP contribution in [-0.2, 0) is 0 Å². The fourth-order valence-electron chi connectivity index (χ4n) is 2.17. The highest BCUT2D eigenvalue weighted by Gasteiger charge is 2.00. The number of rotatable bonds is 1. The molecule has 0 amide bonds. The highest BCUT2D eigenvalue weighted by Crippen LogP contribution is 2.25. The van der Waals surface area contributed by atoms with E-state index >= 15 is 0 Å². The van der Waals surface area contributed by atoms with E-state index in [9.17, 15) is 0 Å². The lowest BCUT2D eigenvalue weighted by molar-refractivity contribution is 1.33. The molecule has 3 rings (SSSR count). The molecule has 0 saturated carbocycles. The van der Waals surface area contributed by atoms with Crippen LogP contribution in [0.1, 0.15) is 5.56 Å². The van der Waals surface area contributed by atoms with Crippen molar-refractivity contribution in [3.8, 4) is 11.1 Å². The Kier molecular flexibility index (Phi) is 2.37. The Labute approximate surface area is 101 Å². The van der Waals surface area contributed by atoms with Crippen molar-refractivity contribution in [3.63, 3.8) is 0 Å². The van der Waals surface area contributed by atoms with Crippen LogP contribution in [0.15, 0.2) is 60.9 Å². The molecule has 0 unspecified atom stereocenters. The van der Waals surface area contributed by atoms with Crippen LogP contribution in [0, 0.1) is 6.92 Å². The molecular formula is C16H13N. The van der Waals surface area contributed by atoms with E-state index in [0.29, 0.717) is 0 Å². The highest BCUT2D eigenvalue weighted by molar-refractivity contribution is 5.89. The van der Waals surface area contributed by atoms with Crippen LogP contribution in [0.2, 0.25) is 0 Å². The first-order valence-corrected chi connectivity index (χ1v) is 5.74. The standard InChI is InChI=1S/C16H13N/c1-12-3-2-4-15-11-14(5-6-16(12)15)13-7-9-17-10-8-13/h2-11H,1H3. The third-order valence-electron chi connectivity index (χ3n) is 3.11. The Bertz CT molecular complexity index is 657. The third kappa shape index (κ3) is 1.80. The molecule has 0 spiro atoms. The van der Waals surface area contributed by atoms with E-state index in [-0.39, 0.29) is 0 Å². The van der Waals surface area contributed by atoms with E-state index in [1.165, 1.54) is 27.5 Å². The molecule has 0 fully saturated rings. The van der Waals surface area contributed by atoms with Crippen molar-refractivity contribution in [2.75, 3.05) is 0 Å². The van der Waals surface area contributed by atoms with Crippen LogP contribution >= 0.6 is 0 Å². The molecule has 1 aromatic heterocycles. The molecule has 0 saturated heterocycles. The van der Waals surface area contributed by atoms with Crippen LogP contribution in [0.25, 0.3) is 21.9 Å². The second kappa shape index (κ2) is 4.02. The van der Waals surface area contributed by atoms with E-state index in [2.05, 4.69) is 48.3 Å². The zero-order valence-electron chi connectivity index (χ0n) is 9.72. The van der Waals surface area contributed by atoms with Crippen molar-refractivity contribution in [2.24, 2.45) is 0 Å². The first kappa shape index (κ1) is 10.0. The van der Waals surface area contributed by atoms with Crippen molar-refractivity contribution >= 4 is 10.8 Å². The first-order chi connectivity index (χ1) is 8.34. The van der Waals surface area contributed by atoms with Gasteiger partial charge in [0.2, 0.25) is 0 Å². The molecule has 1 heteroatoms. The number of nitrogens with zero attached hydrogens (tertiary/aromatic N) is 1. The number of hydrogen-bond donors (Lipinski definition) is 0. The second-order valence-corrected chi connectivity index (χ2v) is 4.25. The molecule has 3 aromatic rings. The Morgan fingerprint density at radius 2 is 1.65 bits per heavy atom. The van der Waals surface area contributed by atoms with Gasteiger partial charge in [0.05, 0.1) is 0 Å². The normalized spacial score (nSPS) is 10.6. The van der Waals surface area contributed by atoms with Crippen molar-refractivity contribution in [3.05, 3.63) is 66.5 Å². The van der Waals surface area contributed by atoms with Crippen LogP contribution in [0.3, 0.4) is 0 Å². The Morgan fingerprint density at radius 1 is 0.824 bits per heavy atom. The van der Waals surface area contributed by atoms with Crippen LogP contribution in [0.4, 0.5) is 0 Å². The summed E-state index contributed by atoms with van der Waals surface area (Å²) >= 11 is 0. The molecule has 82 valence electrons. The maximum atomic E-state index is 4.05. The van der Waals surface area contributed by atoms with Gasteiger partial charge in [0.1, 0.15) is 0 Å². The third-order valence-corrected chi connectivity index (χ3v) is 3.11. The molecule has 0 bridgehead atoms. The zero-order chi connectivity index (χ0) is 11.7. The van der Waals surface area contributed by atoms with E-state index in [4.69, 9.17) is 0 Å². The number of benzene rings is 2. The van der Waals surface area contributed by atoms with Gasteiger partial charge in [-0.3, -0.25) is 4.98 Å². The molecule has 17 heavy (non-hydrogen) atoms. The first-order valence-electron chi connectivity index (χ1n) is 5.74. The quantitative estimate of drug-likeness (QED) is 0.597. The molecular weight excluding hydrogens is 206 g/mol. The molecule has 0 aliphatic carbocycles. The van der Waals surface area contributed by atoms with Gasteiger partial charge < -0.3 is 0 Å². The Balaban J connectivity index is 2.21. The molecule has 0 N–H and O–H groups in total. The van der Waals surface area contributed by atoms with Crippen LogP contribution in [0.5, 0.6) is 0 Å². The lowest BCUT2D eigenvalue weighted by Crippen LogP contribution is -1.81. The lowest BCUT2D eigenvalue weighted by Gasteiger charge is -2.05. The maximum Gasteiger partial charge on any atom is 0.0273 e. The summed E-state index contributed by atoms with van der Waals surface area (Å²) < 4.78 is 0. The molecule has 2 aromatic carbocycles. The van der Waals surface area contributed by atoms with Gasteiger partial charge in [0, 0.05) is 12.4 Å². The van der Waals surface area contributed by atoms with Gasteiger partial charge in [0.25, 0.3) is 0 Å². The predicted molar refractivity (Wildman–Crippen MR) is 71.9 cm³/mol. The van der Waals surface area contributed by atoms with Gasteiger partial charge in [-0.15, -0.1) is 0 Å². The summed E-state index contributed by atoms with van der Waals surface area (Å²) in [5.74, 6) is 0. The fourth-order valence-corrected chi connectivity index (χ4v) is 2.17. The minimum Gasteiger partial charge on any atom is -0.265 e. The minimum absolute atomic E-state index is 1.21. The summed E-state index contributed by atoms with van der Waals surface area (Å²) in [5.41, 5.74) is 3.78. The Hall–Kier alpha value is -2.15. The van der Waals surface area contributed by atoms with Crippen molar-refractivity contribution < 1.29 is 0 Å². The van der Waals surface area contributed by atoms with E-state index in [1.54, 1.807) is 0 Å². The van der Waals surface area contributed by atoms with E-state index < -0.39 is 0 Å². The van der Waals surface area contributed by atoms with E-state index in [1.807, 2.05) is 24.5 Å². The van der Waals surface area contributed by atoms with Gasteiger partial charge >= 0.3 is 0 Å². The van der Waals surface area contributed by atoms with E-state index in [0.717, 1.165) is 0 Å². The number of aromatic nitrogens is 1. The van der Waals surface area contributed by atoms with Gasteiger partial charge in [-0.2, -0.15) is 0 Å². The topological polar surface area (TPSA) is 12.9 Å². The summed E-state index contributed by atoms with van der Waals surface area (Å²) in [7, 11) is 0. The molecule has 0 aliphatic heterocycles. The van der Waals surface area contributed by atoms with Crippen molar-refractivity contribution in [1.29, 1.82) is 0 Å². The SMILES string of the molecule is Cc1cccc2cc(-c3ccncc3)ccc12. The highest BCUT2D eigenvalue weighted by atomic mass is 14.6. The minimum atomic E-state index is 1.21. The summed E-state index contributed by atoms with van der Waals surface area (Å²) in [4.78, 5) is 4.05. The average Bonchev–Trinajstić information content (AvgIpc) is 2.40. The predicted octanol–water partition coefficient (Wildman–Crippen LogP) is 4.21. The van der Waals surface area contributed by atoms with Crippen molar-refractivity contribution in [1.82, 2.24) is 4.98 Å². The summed E-state index contributed by atoms with van der Waals surface area (Å²) in [6.07, 6.45) is 3.66. The smallest absolute Gasteiger partial charge is 0.0273 e. The number of hydrogen-bond acceptors (Lipinski definition) is 1. The number of pyridine rings is 1. The lowest BCUT2D eigenvalue weighted by atomic mass is 10.00. The molecule has 1 nitrogen and oxygen atoms in total. The molecule has 0 aliphatic rings. The van der Waals surface area contributed by atoms with Gasteiger partial charge in [-0.1, -0.05) is 30.3 Å². The molecule has 0 radical (unpaired) electrons. The number of aryl methyl sites for hydroxylation is 1. The summed E-state index contributed by atoms with van der Waals surface area (Å²) in [6.45, 7) is 2.15. The summed E-state index contributed by atoms with van der Waals surface area (Å²) in [6, 6.07) is 17.1. The van der Waals surface area contributed by atoms with Crippen LogP contribution < -0.4 is 0 Å². The van der Waals surface area contributed by atoms with Gasteiger partial charge in [-0.05, 0) is 52.6 Å². The summed E-state index contributed by atoms with van der Waals surface area (Å²) in [5, 5.41) is 2.62. The average molecular weight is 219 g/mol. The Morgan fingerprint density at radius 3 is 2.47 bits per heavy atom. The van der Waals surface area contributed by atoms with Gasteiger partial charge in [0.15, 0.2) is 0 Å². The van der Waals surface area contributed by atoms with Crippen LogP contribution in [-0.4, -0.2) is 4.98 Å². The molecule has 0 atom stereocenters. The fraction of sp³-hybridized carbons (Fsp3) is 0.0625. The van der Waals surface area contributed by atoms with Gasteiger partial charge in [-0.25, -0.2) is 0 Å². The number of fused-ring (bicyclic) bond motifs is 1. The zero-order valence-corrected chi connectivity index (χ0v) is 9.72. The van der Waals surface area contributed by atoms with Crippen molar-refractivity contribution in [2.45, 2.75) is 6.92 Å². The second-order valence-electron chi connectivity index (χ2n) is 4.25. The molecule has 1 heterocycles. The monoisotopic (exact) mass is 219 g/mol.